The Morgan fingerprint density at radius 1 is 1.20 bits per heavy atom. The first kappa shape index (κ1) is 30.8. The Kier molecular flexibility index (Phi) is 8.17. The number of aryl methyl sites for hydroxylation is 1. The van der Waals surface area contributed by atoms with Crippen LogP contribution in [0.3, 0.4) is 0 Å². The highest BCUT2D eigenvalue weighted by atomic mass is 16.6. The van der Waals surface area contributed by atoms with Gasteiger partial charge in [-0.25, -0.2) is 4.79 Å². The third kappa shape index (κ3) is 5.07. The number of anilines is 2. The van der Waals surface area contributed by atoms with Crippen molar-refractivity contribution in [2.24, 2.45) is 11.8 Å². The van der Waals surface area contributed by atoms with E-state index in [4.69, 9.17) is 14.2 Å². The summed E-state index contributed by atoms with van der Waals surface area (Å²) >= 11 is 0. The number of carbonyl (C=O) groups excluding carboxylic acids is 2. The number of cyclic esters (lactones) is 1. The Balaban J connectivity index is 1.44. The van der Waals surface area contributed by atoms with Crippen molar-refractivity contribution in [1.29, 1.82) is 0 Å². The summed E-state index contributed by atoms with van der Waals surface area (Å²) in [6, 6.07) is 13.8. The highest BCUT2D eigenvalue weighted by Gasteiger charge is 2.65. The van der Waals surface area contributed by atoms with E-state index in [1.807, 2.05) is 36.5 Å². The third-order valence-corrected chi connectivity index (χ3v) is 9.80. The van der Waals surface area contributed by atoms with Crippen molar-refractivity contribution in [3.63, 3.8) is 0 Å². The van der Waals surface area contributed by atoms with Crippen molar-refractivity contribution >= 4 is 23.4 Å². The van der Waals surface area contributed by atoms with Gasteiger partial charge < -0.3 is 24.2 Å². The minimum atomic E-state index is -1.28. The van der Waals surface area contributed by atoms with Gasteiger partial charge in [0.15, 0.2) is 5.60 Å². The summed E-state index contributed by atoms with van der Waals surface area (Å²) in [6.07, 6.45) is 3.85. The van der Waals surface area contributed by atoms with Crippen LogP contribution in [0.15, 0.2) is 61.3 Å². The molecule has 6 rings (SSSR count). The second-order valence-electron chi connectivity index (χ2n) is 12.6. The number of aliphatic hydroxyl groups excluding tert-OH is 1. The number of aromatic nitrogens is 3. The predicted molar refractivity (Wildman–Crippen MR) is 168 cm³/mol. The molecule has 2 saturated heterocycles. The molecule has 4 heterocycles. The molecule has 0 unspecified atom stereocenters. The van der Waals surface area contributed by atoms with E-state index >= 15 is 0 Å². The maximum atomic E-state index is 14.7. The number of hydrogen-bond acceptors (Lipinski definition) is 8. The van der Waals surface area contributed by atoms with Crippen LogP contribution >= 0.6 is 0 Å². The summed E-state index contributed by atoms with van der Waals surface area (Å²) in [7, 11) is 1.65. The molecule has 3 aliphatic rings. The van der Waals surface area contributed by atoms with E-state index < -0.39 is 17.1 Å². The molecule has 1 N–H and O–H groups in total. The van der Waals surface area contributed by atoms with Crippen molar-refractivity contribution in [1.82, 2.24) is 15.0 Å². The molecule has 45 heavy (non-hydrogen) atoms. The maximum Gasteiger partial charge on any atom is 0.414 e. The van der Waals surface area contributed by atoms with Gasteiger partial charge in [0.2, 0.25) is 0 Å². The van der Waals surface area contributed by atoms with Gasteiger partial charge in [0, 0.05) is 55.4 Å². The van der Waals surface area contributed by atoms with Gasteiger partial charge in [-0.2, -0.15) is 0 Å². The number of amides is 2. The number of hydrogen-bond donors (Lipinski definition) is 1. The lowest BCUT2D eigenvalue weighted by molar-refractivity contribution is -0.146. The largest absolute Gasteiger partial charge is 0.497 e. The predicted octanol–water partition coefficient (Wildman–Crippen LogP) is 4.23. The van der Waals surface area contributed by atoms with E-state index in [-0.39, 0.29) is 30.5 Å². The van der Waals surface area contributed by atoms with Crippen molar-refractivity contribution in [3.8, 4) is 5.75 Å². The molecule has 1 spiro atoms. The number of benzene rings is 2. The van der Waals surface area contributed by atoms with Gasteiger partial charge in [0.25, 0.3) is 5.91 Å². The minimum absolute atomic E-state index is 0.00244. The van der Waals surface area contributed by atoms with Crippen LogP contribution in [0.5, 0.6) is 5.75 Å². The number of carbonyl (C=O) groups is 2. The molecule has 2 aromatic carbocycles. The van der Waals surface area contributed by atoms with Crippen LogP contribution in [0.25, 0.3) is 0 Å². The number of aliphatic hydroxyl groups is 1. The molecular weight excluding hydrogens is 574 g/mol. The summed E-state index contributed by atoms with van der Waals surface area (Å²) in [5.41, 5.74) is 2.33. The van der Waals surface area contributed by atoms with E-state index in [0.717, 1.165) is 28.3 Å². The quantitative estimate of drug-likeness (QED) is 0.319. The van der Waals surface area contributed by atoms with E-state index in [1.165, 1.54) is 0 Å². The Bertz CT molecular complexity index is 1590. The van der Waals surface area contributed by atoms with E-state index in [2.05, 4.69) is 49.8 Å². The molecule has 11 nitrogen and oxygen atoms in total. The topological polar surface area (TPSA) is 119 Å². The van der Waals surface area contributed by atoms with Crippen LogP contribution in [0.2, 0.25) is 0 Å². The van der Waals surface area contributed by atoms with Crippen LogP contribution in [0.4, 0.5) is 16.2 Å². The number of fused-ring (bicyclic) bond motifs is 2. The van der Waals surface area contributed by atoms with Gasteiger partial charge >= 0.3 is 6.09 Å². The summed E-state index contributed by atoms with van der Waals surface area (Å²) in [5, 5.41) is 17.8. The van der Waals surface area contributed by atoms with Crippen LogP contribution < -0.4 is 14.5 Å². The number of methoxy groups -OCH3 is 1. The van der Waals surface area contributed by atoms with Crippen molar-refractivity contribution in [2.45, 2.75) is 57.3 Å². The van der Waals surface area contributed by atoms with Crippen molar-refractivity contribution in [2.75, 3.05) is 43.2 Å². The average molecular weight is 616 g/mol. The van der Waals surface area contributed by atoms with E-state index in [1.54, 1.807) is 27.7 Å². The van der Waals surface area contributed by atoms with Crippen molar-refractivity contribution < 1.29 is 28.9 Å². The zero-order chi connectivity index (χ0) is 31.9. The molecule has 2 amide bonds. The van der Waals surface area contributed by atoms with Gasteiger partial charge in [0.1, 0.15) is 12.4 Å². The van der Waals surface area contributed by atoms with E-state index in [0.29, 0.717) is 44.8 Å². The number of nitrogens with zero attached hydrogens (tertiary/aromatic N) is 5. The number of ether oxygens (including phenoxy) is 3. The van der Waals surface area contributed by atoms with Gasteiger partial charge in [-0.15, -0.1) is 11.7 Å². The van der Waals surface area contributed by atoms with Crippen LogP contribution in [-0.2, 0) is 38.2 Å². The molecule has 0 radical (unpaired) electrons. The summed E-state index contributed by atoms with van der Waals surface area (Å²) in [4.78, 5) is 30.5. The molecule has 3 aromatic rings. The zero-order valence-corrected chi connectivity index (χ0v) is 26.3. The van der Waals surface area contributed by atoms with Gasteiger partial charge in [-0.1, -0.05) is 44.2 Å². The first-order valence-electron chi connectivity index (χ1n) is 15.5. The Hall–Kier alpha value is -4.22. The number of rotatable bonds is 11. The lowest BCUT2D eigenvalue weighted by Crippen LogP contribution is -2.46. The smallest absolute Gasteiger partial charge is 0.414 e. The molecule has 0 aliphatic carbocycles. The fraction of sp³-hybridized carbons (Fsp3) is 0.471. The highest BCUT2D eigenvalue weighted by molar-refractivity contribution is 6.08. The lowest BCUT2D eigenvalue weighted by atomic mass is 9.63. The lowest BCUT2D eigenvalue weighted by Gasteiger charge is -2.38. The summed E-state index contributed by atoms with van der Waals surface area (Å²) in [6.45, 7) is 12.1. The van der Waals surface area contributed by atoms with Crippen molar-refractivity contribution in [3.05, 3.63) is 78.1 Å². The molecule has 2 fully saturated rings. The normalized spacial score (nSPS) is 24.4. The second kappa shape index (κ2) is 11.9. The Labute approximate surface area is 263 Å². The minimum Gasteiger partial charge on any atom is -0.497 e. The van der Waals surface area contributed by atoms with Crippen LogP contribution in [-0.4, -0.2) is 71.6 Å². The molecule has 1 aromatic heterocycles. The first-order valence-corrected chi connectivity index (χ1v) is 15.5. The van der Waals surface area contributed by atoms with Gasteiger partial charge in [0.05, 0.1) is 31.1 Å². The fourth-order valence-corrected chi connectivity index (χ4v) is 7.61. The fourth-order valence-electron chi connectivity index (χ4n) is 7.61. The maximum absolute atomic E-state index is 14.7. The molecule has 0 bridgehead atoms. The third-order valence-electron chi connectivity index (χ3n) is 9.80. The highest BCUT2D eigenvalue weighted by Crippen LogP contribution is 2.60. The second-order valence-corrected chi connectivity index (χ2v) is 12.6. The van der Waals surface area contributed by atoms with Crippen LogP contribution in [0.1, 0.15) is 44.0 Å². The zero-order valence-electron chi connectivity index (χ0n) is 26.3. The molecular formula is C34H41N5O6. The molecule has 3 aliphatic heterocycles. The molecule has 0 saturated carbocycles. The molecule has 238 valence electrons. The standard InChI is InChI=1S/C34H41N5O6/c1-6-15-39-28-12-9-25(38-17-19-44-32(38)42)20-27(28)34(31(39)41)22(2)30(33(3,4)23-7-10-26(43-5)11-8-23)29(45-34)13-16-37-21-24(14-18-40)35-36-37/h6-12,20-22,29-30,40H,1,13-19H2,2-5H3/t22-,29+,30-,34+/m0/s1. The first-order chi connectivity index (χ1) is 21.6. The monoisotopic (exact) mass is 615 g/mol. The SMILES string of the molecule is C=CCN1C(=O)[C@]2(O[C@H](CCn3cc(CCO)nn3)[C@@H](C(C)(C)c3ccc(OC)cc3)[C@@H]2C)c2cc(N3CCOC3=O)ccc21. The summed E-state index contributed by atoms with van der Waals surface area (Å²) < 4.78 is 19.6. The summed E-state index contributed by atoms with van der Waals surface area (Å²) in [5.74, 6) is 0.306. The Morgan fingerprint density at radius 2 is 1.98 bits per heavy atom. The van der Waals surface area contributed by atoms with Crippen LogP contribution in [0, 0.1) is 11.8 Å². The molecule has 4 atom stereocenters. The van der Waals surface area contributed by atoms with Gasteiger partial charge in [-0.05, 0) is 47.7 Å². The average Bonchev–Trinajstić information content (AvgIpc) is 3.79. The van der Waals surface area contributed by atoms with Gasteiger partial charge in [-0.3, -0.25) is 14.4 Å². The Morgan fingerprint density at radius 3 is 2.64 bits per heavy atom. The van der Waals surface area contributed by atoms with E-state index in [9.17, 15) is 14.7 Å². The molecule has 11 heteroatoms.